The first-order valence-electron chi connectivity index (χ1n) is 6.93. The summed E-state index contributed by atoms with van der Waals surface area (Å²) in [6.07, 6.45) is 2.18. The highest BCUT2D eigenvalue weighted by Crippen LogP contribution is 2.20. The van der Waals surface area contributed by atoms with Crippen LogP contribution in [0.2, 0.25) is 0 Å². The molecule has 2 fully saturated rings. The van der Waals surface area contributed by atoms with Crippen LogP contribution in [0.25, 0.3) is 0 Å². The number of rotatable bonds is 2. The lowest BCUT2D eigenvalue weighted by molar-refractivity contribution is -0.147. The number of likely N-dealkylation sites (tertiary alicyclic amines) is 1. The lowest BCUT2D eigenvalue weighted by atomic mass is 9.97. The van der Waals surface area contributed by atoms with Crippen LogP contribution in [0, 0.1) is 5.92 Å². The van der Waals surface area contributed by atoms with Gasteiger partial charge in [0.05, 0.1) is 13.2 Å². The molecular formula is C13H25N3O2. The van der Waals surface area contributed by atoms with Crippen molar-refractivity contribution in [1.82, 2.24) is 9.80 Å². The molecule has 2 saturated heterocycles. The van der Waals surface area contributed by atoms with Crippen LogP contribution in [-0.4, -0.2) is 60.8 Å². The van der Waals surface area contributed by atoms with Crippen molar-refractivity contribution in [3.05, 3.63) is 0 Å². The fourth-order valence-electron chi connectivity index (χ4n) is 2.69. The molecule has 104 valence electrons. The summed E-state index contributed by atoms with van der Waals surface area (Å²) in [5.74, 6) is 0.790. The molecule has 1 atom stereocenters. The van der Waals surface area contributed by atoms with E-state index in [0.29, 0.717) is 13.2 Å². The van der Waals surface area contributed by atoms with Crippen molar-refractivity contribution in [2.24, 2.45) is 11.7 Å². The lowest BCUT2D eigenvalue weighted by Gasteiger charge is -2.43. The molecule has 2 rings (SSSR count). The van der Waals surface area contributed by atoms with Crippen LogP contribution >= 0.6 is 0 Å². The second-order valence-corrected chi connectivity index (χ2v) is 5.72. The minimum Gasteiger partial charge on any atom is -0.379 e. The topological polar surface area (TPSA) is 58.8 Å². The first-order valence-corrected chi connectivity index (χ1v) is 6.93. The van der Waals surface area contributed by atoms with E-state index in [2.05, 4.69) is 6.92 Å². The normalized spacial score (nSPS) is 26.9. The highest BCUT2D eigenvalue weighted by atomic mass is 16.5. The zero-order valence-electron chi connectivity index (χ0n) is 11.5. The molecule has 0 saturated carbocycles. The molecule has 5 nitrogen and oxygen atoms in total. The van der Waals surface area contributed by atoms with Crippen molar-refractivity contribution in [3.8, 4) is 0 Å². The number of hydrogen-bond acceptors (Lipinski definition) is 4. The lowest BCUT2D eigenvalue weighted by Crippen LogP contribution is -2.66. The smallest absolute Gasteiger partial charge is 0.257 e. The molecule has 1 amide bonds. The molecule has 0 aromatic rings. The molecule has 0 unspecified atom stereocenters. The highest BCUT2D eigenvalue weighted by molar-refractivity contribution is 5.85. The van der Waals surface area contributed by atoms with Crippen molar-refractivity contribution in [2.45, 2.75) is 32.4 Å². The van der Waals surface area contributed by atoms with Gasteiger partial charge in [0.15, 0.2) is 0 Å². The van der Waals surface area contributed by atoms with Crippen molar-refractivity contribution >= 4 is 5.91 Å². The summed E-state index contributed by atoms with van der Waals surface area (Å²) in [6.45, 7) is 8.57. The van der Waals surface area contributed by atoms with Crippen molar-refractivity contribution in [3.63, 3.8) is 0 Å². The monoisotopic (exact) mass is 255 g/mol. The van der Waals surface area contributed by atoms with Crippen LogP contribution in [0.4, 0.5) is 0 Å². The first kappa shape index (κ1) is 13.8. The van der Waals surface area contributed by atoms with E-state index in [1.54, 1.807) is 0 Å². The van der Waals surface area contributed by atoms with Gasteiger partial charge in [-0.15, -0.1) is 0 Å². The van der Waals surface area contributed by atoms with Gasteiger partial charge >= 0.3 is 0 Å². The molecule has 2 aliphatic heterocycles. The summed E-state index contributed by atoms with van der Waals surface area (Å²) in [5.41, 5.74) is 5.40. The van der Waals surface area contributed by atoms with Gasteiger partial charge in [0, 0.05) is 26.2 Å². The van der Waals surface area contributed by atoms with Gasteiger partial charge in [-0.1, -0.05) is 6.92 Å². The van der Waals surface area contributed by atoms with Crippen molar-refractivity contribution < 1.29 is 9.53 Å². The number of carbonyl (C=O) groups is 1. The van der Waals surface area contributed by atoms with Gasteiger partial charge in [0.1, 0.15) is 5.66 Å². The van der Waals surface area contributed by atoms with Gasteiger partial charge in [-0.3, -0.25) is 9.69 Å². The van der Waals surface area contributed by atoms with Gasteiger partial charge < -0.3 is 15.4 Å². The Balaban J connectivity index is 1.97. The molecular weight excluding hydrogens is 230 g/mol. The number of piperidine rings is 1. The third-order valence-corrected chi connectivity index (χ3v) is 4.17. The van der Waals surface area contributed by atoms with Gasteiger partial charge in [-0.05, 0) is 25.7 Å². The largest absolute Gasteiger partial charge is 0.379 e. The fraction of sp³-hybridized carbons (Fsp3) is 0.923. The maximum Gasteiger partial charge on any atom is 0.257 e. The van der Waals surface area contributed by atoms with Crippen molar-refractivity contribution in [1.29, 1.82) is 0 Å². The second kappa shape index (κ2) is 5.55. The van der Waals surface area contributed by atoms with E-state index < -0.39 is 5.66 Å². The summed E-state index contributed by atoms with van der Waals surface area (Å²) < 4.78 is 5.31. The van der Waals surface area contributed by atoms with E-state index in [4.69, 9.17) is 10.5 Å². The number of amides is 1. The van der Waals surface area contributed by atoms with E-state index in [9.17, 15) is 4.79 Å². The SMILES string of the molecule is CC1CCN(C(=O)[C@@](C)(N)N2CCOCC2)CC1. The Kier molecular flexibility index (Phi) is 4.25. The van der Waals surface area contributed by atoms with Gasteiger partial charge in [-0.2, -0.15) is 0 Å². The average molecular weight is 255 g/mol. The third-order valence-electron chi connectivity index (χ3n) is 4.17. The number of hydrogen-bond donors (Lipinski definition) is 1. The van der Waals surface area contributed by atoms with Crippen LogP contribution in [0.5, 0.6) is 0 Å². The molecule has 2 N–H and O–H groups in total. The number of nitrogens with two attached hydrogens (primary N) is 1. The van der Waals surface area contributed by atoms with E-state index in [0.717, 1.165) is 44.9 Å². The maximum absolute atomic E-state index is 12.5. The molecule has 0 aliphatic carbocycles. The Morgan fingerprint density at radius 1 is 1.22 bits per heavy atom. The predicted octanol–water partition coefficient (Wildman–Crippen LogP) is 0.252. The molecule has 2 heterocycles. The standard InChI is InChI=1S/C13H25N3O2/c1-11-3-5-15(6-4-11)12(17)13(2,14)16-7-9-18-10-8-16/h11H,3-10,14H2,1-2H3/t13-/m0/s1. The summed E-state index contributed by atoms with van der Waals surface area (Å²) in [5, 5.41) is 0. The summed E-state index contributed by atoms with van der Waals surface area (Å²) >= 11 is 0. The molecule has 0 radical (unpaired) electrons. The number of morpholine rings is 1. The number of carbonyl (C=O) groups excluding carboxylic acids is 1. The van der Waals surface area contributed by atoms with E-state index >= 15 is 0 Å². The summed E-state index contributed by atoms with van der Waals surface area (Å²) in [4.78, 5) is 16.5. The van der Waals surface area contributed by atoms with E-state index in [1.807, 2.05) is 16.7 Å². The summed E-state index contributed by atoms with van der Waals surface area (Å²) in [6, 6.07) is 0. The quantitative estimate of drug-likeness (QED) is 0.768. The van der Waals surface area contributed by atoms with E-state index in [1.165, 1.54) is 0 Å². The molecule has 2 aliphatic rings. The van der Waals surface area contributed by atoms with Crippen LogP contribution in [0.1, 0.15) is 26.7 Å². The van der Waals surface area contributed by atoms with E-state index in [-0.39, 0.29) is 5.91 Å². The second-order valence-electron chi connectivity index (χ2n) is 5.72. The third kappa shape index (κ3) is 2.84. The summed E-state index contributed by atoms with van der Waals surface area (Å²) in [7, 11) is 0. The van der Waals surface area contributed by atoms with Crippen LogP contribution < -0.4 is 5.73 Å². The van der Waals surface area contributed by atoms with Crippen molar-refractivity contribution in [2.75, 3.05) is 39.4 Å². The average Bonchev–Trinajstić information content (AvgIpc) is 2.40. The molecule has 0 spiro atoms. The minimum atomic E-state index is -0.885. The molecule has 18 heavy (non-hydrogen) atoms. The Morgan fingerprint density at radius 2 is 1.78 bits per heavy atom. The van der Waals surface area contributed by atoms with Gasteiger partial charge in [0.2, 0.25) is 0 Å². The predicted molar refractivity (Wildman–Crippen MR) is 70.0 cm³/mol. The highest BCUT2D eigenvalue weighted by Gasteiger charge is 2.39. The van der Waals surface area contributed by atoms with Crippen LogP contribution in [0.3, 0.4) is 0 Å². The van der Waals surface area contributed by atoms with Crippen LogP contribution in [-0.2, 0) is 9.53 Å². The first-order chi connectivity index (χ1) is 8.51. The molecule has 0 aromatic carbocycles. The number of nitrogens with zero attached hydrogens (tertiary/aromatic N) is 2. The zero-order valence-corrected chi connectivity index (χ0v) is 11.5. The number of ether oxygens (including phenoxy) is 1. The molecule has 5 heteroatoms. The Labute approximate surface area is 109 Å². The van der Waals surface area contributed by atoms with Crippen LogP contribution in [0.15, 0.2) is 0 Å². The van der Waals surface area contributed by atoms with Gasteiger partial charge in [-0.25, -0.2) is 0 Å². The Bertz CT molecular complexity index is 293. The molecule has 0 bridgehead atoms. The molecule has 0 aromatic heterocycles. The maximum atomic E-state index is 12.5. The Morgan fingerprint density at radius 3 is 2.33 bits per heavy atom. The fourth-order valence-corrected chi connectivity index (χ4v) is 2.69. The van der Waals surface area contributed by atoms with Gasteiger partial charge in [0.25, 0.3) is 5.91 Å². The minimum absolute atomic E-state index is 0.0660. The Hall–Kier alpha value is -0.650. The zero-order chi connectivity index (χ0) is 13.2.